The van der Waals surface area contributed by atoms with E-state index < -0.39 is 0 Å². The molecule has 18 heavy (non-hydrogen) atoms. The average molecular weight is 253 g/mol. The van der Waals surface area contributed by atoms with Crippen LogP contribution in [0.3, 0.4) is 0 Å². The molecular formula is C11H19N5O2. The van der Waals surface area contributed by atoms with E-state index in [9.17, 15) is 5.11 Å². The lowest BCUT2D eigenvalue weighted by molar-refractivity contribution is 0.253. The van der Waals surface area contributed by atoms with E-state index in [1.807, 2.05) is 4.90 Å². The summed E-state index contributed by atoms with van der Waals surface area (Å²) in [6.45, 7) is 0.908. The highest BCUT2D eigenvalue weighted by atomic mass is 16.5. The molecule has 1 aromatic rings. The minimum absolute atomic E-state index is 0.0407. The van der Waals surface area contributed by atoms with E-state index in [4.69, 9.17) is 10.5 Å². The van der Waals surface area contributed by atoms with Crippen LogP contribution in [0.1, 0.15) is 25.7 Å². The Labute approximate surface area is 106 Å². The van der Waals surface area contributed by atoms with E-state index in [0.717, 1.165) is 32.2 Å². The predicted octanol–water partition coefficient (Wildman–Crippen LogP) is 0.204. The third kappa shape index (κ3) is 2.79. The van der Waals surface area contributed by atoms with Crippen LogP contribution < -0.4 is 15.4 Å². The molecule has 1 fully saturated rings. The fourth-order valence-electron chi connectivity index (χ4n) is 2.21. The smallest absolute Gasteiger partial charge is 0.322 e. The quantitative estimate of drug-likeness (QED) is 0.794. The van der Waals surface area contributed by atoms with Gasteiger partial charge in [0.25, 0.3) is 0 Å². The molecule has 1 aliphatic rings. The Balaban J connectivity index is 2.29. The molecule has 1 aromatic heterocycles. The van der Waals surface area contributed by atoms with Crippen LogP contribution >= 0.6 is 0 Å². The molecule has 0 bridgehead atoms. The number of nitrogens with two attached hydrogens (primary N) is 1. The summed E-state index contributed by atoms with van der Waals surface area (Å²) in [5.74, 6) is 0.623. The summed E-state index contributed by atoms with van der Waals surface area (Å²) in [5.41, 5.74) is 5.64. The van der Waals surface area contributed by atoms with Gasteiger partial charge in [0.2, 0.25) is 11.9 Å². The summed E-state index contributed by atoms with van der Waals surface area (Å²) >= 11 is 0. The van der Waals surface area contributed by atoms with Crippen LogP contribution in [0.4, 0.5) is 11.9 Å². The van der Waals surface area contributed by atoms with Crippen molar-refractivity contribution in [1.29, 1.82) is 0 Å². The molecule has 0 aliphatic carbocycles. The molecule has 0 radical (unpaired) electrons. The topological polar surface area (TPSA) is 97.4 Å². The predicted molar refractivity (Wildman–Crippen MR) is 67.5 cm³/mol. The second-order valence-electron chi connectivity index (χ2n) is 4.36. The zero-order valence-electron chi connectivity index (χ0n) is 10.5. The molecule has 1 saturated heterocycles. The molecule has 1 aliphatic heterocycles. The minimum atomic E-state index is 0.0407. The molecule has 2 rings (SSSR count). The van der Waals surface area contributed by atoms with Crippen molar-refractivity contribution in [1.82, 2.24) is 15.0 Å². The highest BCUT2D eigenvalue weighted by Gasteiger charge is 2.23. The first-order valence-electron chi connectivity index (χ1n) is 6.17. The molecule has 7 nitrogen and oxygen atoms in total. The van der Waals surface area contributed by atoms with Gasteiger partial charge in [-0.05, 0) is 12.8 Å². The molecule has 0 amide bonds. The number of nitrogen functional groups attached to an aromatic ring is 1. The second-order valence-corrected chi connectivity index (χ2v) is 4.36. The summed E-state index contributed by atoms with van der Waals surface area (Å²) in [6.07, 6.45) is 4.26. The van der Waals surface area contributed by atoms with Crippen LogP contribution in [0.5, 0.6) is 6.01 Å². The van der Waals surface area contributed by atoms with Crippen molar-refractivity contribution in [2.45, 2.75) is 31.7 Å². The normalized spacial score (nSPS) is 20.6. The van der Waals surface area contributed by atoms with Gasteiger partial charge in [-0.15, -0.1) is 0 Å². The van der Waals surface area contributed by atoms with E-state index in [1.165, 1.54) is 7.11 Å². The van der Waals surface area contributed by atoms with E-state index in [2.05, 4.69) is 15.0 Å². The fourth-order valence-corrected chi connectivity index (χ4v) is 2.21. The van der Waals surface area contributed by atoms with Gasteiger partial charge >= 0.3 is 6.01 Å². The first kappa shape index (κ1) is 12.8. The van der Waals surface area contributed by atoms with Crippen LogP contribution in [0.2, 0.25) is 0 Å². The van der Waals surface area contributed by atoms with E-state index in [1.54, 1.807) is 0 Å². The van der Waals surface area contributed by atoms with Crippen LogP contribution in [-0.2, 0) is 0 Å². The van der Waals surface area contributed by atoms with Crippen LogP contribution in [0.25, 0.3) is 0 Å². The van der Waals surface area contributed by atoms with Crippen molar-refractivity contribution in [3.8, 4) is 6.01 Å². The lowest BCUT2D eigenvalue weighted by Gasteiger charge is -2.28. The minimum Gasteiger partial charge on any atom is -0.467 e. The zero-order chi connectivity index (χ0) is 13.0. The maximum absolute atomic E-state index is 9.47. The van der Waals surface area contributed by atoms with Crippen molar-refractivity contribution in [3.05, 3.63) is 0 Å². The molecule has 0 aromatic carbocycles. The highest BCUT2D eigenvalue weighted by Crippen LogP contribution is 2.22. The molecule has 100 valence electrons. The van der Waals surface area contributed by atoms with Crippen molar-refractivity contribution in [3.63, 3.8) is 0 Å². The number of methoxy groups -OCH3 is 1. The Morgan fingerprint density at radius 2 is 2.17 bits per heavy atom. The van der Waals surface area contributed by atoms with Gasteiger partial charge in [0, 0.05) is 6.54 Å². The largest absolute Gasteiger partial charge is 0.467 e. The Morgan fingerprint density at radius 3 is 2.89 bits per heavy atom. The van der Waals surface area contributed by atoms with Gasteiger partial charge < -0.3 is 20.5 Å². The first-order chi connectivity index (χ1) is 8.74. The summed E-state index contributed by atoms with van der Waals surface area (Å²) in [6, 6.07) is 0.248. The van der Waals surface area contributed by atoms with Gasteiger partial charge in [-0.1, -0.05) is 12.8 Å². The molecule has 2 heterocycles. The Kier molecular flexibility index (Phi) is 4.14. The molecule has 7 heteroatoms. The van der Waals surface area contributed by atoms with E-state index >= 15 is 0 Å². The number of hydrogen-bond donors (Lipinski definition) is 2. The maximum atomic E-state index is 9.47. The standard InChI is InChI=1S/C11H19N5O2/c1-18-11-14-9(12)13-10(15-11)16-6-4-2-3-5-8(16)7-17/h8,17H,2-7H2,1H3,(H2,12,13,14,15). The summed E-state index contributed by atoms with van der Waals surface area (Å²) < 4.78 is 5.00. The van der Waals surface area contributed by atoms with Gasteiger partial charge in [-0.25, -0.2) is 0 Å². The molecule has 3 N–H and O–H groups in total. The van der Waals surface area contributed by atoms with Crippen molar-refractivity contribution < 1.29 is 9.84 Å². The van der Waals surface area contributed by atoms with Gasteiger partial charge in [-0.2, -0.15) is 15.0 Å². The number of aliphatic hydroxyl groups is 1. The van der Waals surface area contributed by atoms with Crippen molar-refractivity contribution >= 4 is 11.9 Å². The Bertz CT molecular complexity index is 401. The third-order valence-corrected chi connectivity index (χ3v) is 3.15. The number of anilines is 2. The monoisotopic (exact) mass is 253 g/mol. The highest BCUT2D eigenvalue weighted by molar-refractivity contribution is 5.37. The summed E-state index contributed by atoms with van der Waals surface area (Å²) in [5, 5.41) is 9.47. The maximum Gasteiger partial charge on any atom is 0.322 e. The van der Waals surface area contributed by atoms with Crippen LogP contribution in [-0.4, -0.2) is 46.4 Å². The zero-order valence-corrected chi connectivity index (χ0v) is 10.5. The lowest BCUT2D eigenvalue weighted by atomic mass is 10.1. The second kappa shape index (κ2) is 5.81. The SMILES string of the molecule is COc1nc(N)nc(N2CCCCCC2CO)n1. The van der Waals surface area contributed by atoms with Crippen molar-refractivity contribution in [2.24, 2.45) is 0 Å². The number of hydrogen-bond acceptors (Lipinski definition) is 7. The number of rotatable bonds is 3. The van der Waals surface area contributed by atoms with Crippen molar-refractivity contribution in [2.75, 3.05) is 30.9 Å². The molecule has 1 unspecified atom stereocenters. The Hall–Kier alpha value is -1.63. The van der Waals surface area contributed by atoms with Crippen LogP contribution in [0, 0.1) is 0 Å². The van der Waals surface area contributed by atoms with Gasteiger partial charge in [0.1, 0.15) is 0 Å². The number of ether oxygens (including phenoxy) is 1. The molecule has 1 atom stereocenters. The fraction of sp³-hybridized carbons (Fsp3) is 0.727. The molecular weight excluding hydrogens is 234 g/mol. The Morgan fingerprint density at radius 1 is 1.33 bits per heavy atom. The van der Waals surface area contributed by atoms with Crippen LogP contribution in [0.15, 0.2) is 0 Å². The van der Waals surface area contributed by atoms with Gasteiger partial charge in [0.05, 0.1) is 19.8 Å². The number of aromatic nitrogens is 3. The number of aliphatic hydroxyl groups excluding tert-OH is 1. The molecule has 0 saturated carbocycles. The number of nitrogens with zero attached hydrogens (tertiary/aromatic N) is 4. The van der Waals surface area contributed by atoms with E-state index in [0.29, 0.717) is 5.95 Å². The lowest BCUT2D eigenvalue weighted by Crippen LogP contribution is -2.39. The third-order valence-electron chi connectivity index (χ3n) is 3.15. The first-order valence-corrected chi connectivity index (χ1v) is 6.17. The average Bonchev–Trinajstić information content (AvgIpc) is 2.62. The van der Waals surface area contributed by atoms with Gasteiger partial charge in [0.15, 0.2) is 0 Å². The summed E-state index contributed by atoms with van der Waals surface area (Å²) in [7, 11) is 1.49. The van der Waals surface area contributed by atoms with E-state index in [-0.39, 0.29) is 24.6 Å². The molecule has 0 spiro atoms. The summed E-state index contributed by atoms with van der Waals surface area (Å²) in [4.78, 5) is 14.2. The van der Waals surface area contributed by atoms with Gasteiger partial charge in [-0.3, -0.25) is 0 Å².